The van der Waals surface area contributed by atoms with E-state index in [9.17, 15) is 0 Å². The highest BCUT2D eigenvalue weighted by Gasteiger charge is 2.20. The van der Waals surface area contributed by atoms with Gasteiger partial charge in [0, 0.05) is 23.1 Å². The Kier molecular flexibility index (Phi) is 2.52. The van der Waals surface area contributed by atoms with E-state index in [1.165, 1.54) is 11.5 Å². The molecule has 0 fully saturated rings. The lowest BCUT2D eigenvalue weighted by molar-refractivity contribution is 0.554. The molecule has 0 N–H and O–H groups in total. The van der Waals surface area contributed by atoms with E-state index in [4.69, 9.17) is 5.26 Å². The summed E-state index contributed by atoms with van der Waals surface area (Å²) in [5.74, 6) is 0.810. The fourth-order valence-corrected chi connectivity index (χ4v) is 2.11. The third kappa shape index (κ3) is 1.84. The van der Waals surface area contributed by atoms with Gasteiger partial charge in [-0.25, -0.2) is 4.98 Å². The summed E-state index contributed by atoms with van der Waals surface area (Å²) in [5, 5.41) is 9.66. The van der Waals surface area contributed by atoms with E-state index in [1.807, 2.05) is 12.3 Å². The first kappa shape index (κ1) is 10.8. The van der Waals surface area contributed by atoms with Crippen molar-refractivity contribution in [1.82, 2.24) is 13.9 Å². The average molecular weight is 232 g/mol. The van der Waals surface area contributed by atoms with Crippen molar-refractivity contribution in [2.75, 3.05) is 0 Å². The van der Waals surface area contributed by atoms with Crippen LogP contribution >= 0.6 is 11.5 Å². The maximum absolute atomic E-state index is 8.92. The second-order valence-electron chi connectivity index (χ2n) is 4.53. The van der Waals surface area contributed by atoms with Crippen LogP contribution in [0.2, 0.25) is 0 Å². The zero-order valence-corrected chi connectivity index (χ0v) is 10.2. The van der Waals surface area contributed by atoms with Crippen LogP contribution in [-0.2, 0) is 5.41 Å². The Morgan fingerprint density at radius 1 is 1.44 bits per heavy atom. The Labute approximate surface area is 98.3 Å². The molecule has 0 aliphatic rings. The van der Waals surface area contributed by atoms with Crippen molar-refractivity contribution in [3.63, 3.8) is 0 Å². The minimum atomic E-state index is -0.0608. The fourth-order valence-electron chi connectivity index (χ4n) is 1.26. The lowest BCUT2D eigenvalue weighted by Crippen LogP contribution is -2.13. The van der Waals surface area contributed by atoms with Crippen molar-refractivity contribution in [2.24, 2.45) is 0 Å². The van der Waals surface area contributed by atoms with Crippen LogP contribution < -0.4 is 0 Å². The zero-order valence-electron chi connectivity index (χ0n) is 9.43. The smallest absolute Gasteiger partial charge is 0.214 e. The van der Waals surface area contributed by atoms with Crippen molar-refractivity contribution in [3.05, 3.63) is 29.8 Å². The molecule has 16 heavy (non-hydrogen) atoms. The molecule has 2 heterocycles. The molecular formula is C11H12N4S. The predicted molar refractivity (Wildman–Crippen MR) is 62.7 cm³/mol. The Morgan fingerprint density at radius 2 is 2.19 bits per heavy atom. The normalized spacial score (nSPS) is 11.4. The molecule has 0 saturated carbocycles. The van der Waals surface area contributed by atoms with E-state index < -0.39 is 0 Å². The third-order valence-electron chi connectivity index (χ3n) is 2.16. The predicted octanol–water partition coefficient (Wildman–Crippen LogP) is 2.50. The van der Waals surface area contributed by atoms with Crippen LogP contribution in [0.3, 0.4) is 0 Å². The van der Waals surface area contributed by atoms with Gasteiger partial charge in [0.1, 0.15) is 17.6 Å². The number of aromatic nitrogens is 3. The Bertz CT molecular complexity index is 539. The molecule has 5 heteroatoms. The lowest BCUT2D eigenvalue weighted by atomic mass is 9.96. The quantitative estimate of drug-likeness (QED) is 0.759. The van der Waals surface area contributed by atoms with Crippen LogP contribution in [0.4, 0.5) is 0 Å². The number of hydrogen-bond donors (Lipinski definition) is 0. The van der Waals surface area contributed by atoms with Crippen LogP contribution in [0.5, 0.6) is 0 Å². The molecule has 2 aromatic rings. The number of nitriles is 1. The standard InChI is InChI=1S/C11H12N4S/c1-11(2,3)9-13-10(16-14-9)15-6-4-5-8(15)7-12/h4-6H,1-3H3. The number of nitrogens with zero attached hydrogens (tertiary/aromatic N) is 4. The summed E-state index contributed by atoms with van der Waals surface area (Å²) >= 11 is 1.31. The van der Waals surface area contributed by atoms with Crippen LogP contribution in [-0.4, -0.2) is 13.9 Å². The Morgan fingerprint density at radius 3 is 2.75 bits per heavy atom. The van der Waals surface area contributed by atoms with Gasteiger partial charge < -0.3 is 0 Å². The van der Waals surface area contributed by atoms with Gasteiger partial charge in [-0.3, -0.25) is 4.57 Å². The van der Waals surface area contributed by atoms with Crippen molar-refractivity contribution < 1.29 is 0 Å². The molecule has 0 radical (unpaired) electrons. The van der Waals surface area contributed by atoms with Crippen molar-refractivity contribution >= 4 is 11.5 Å². The molecule has 82 valence electrons. The molecule has 0 aliphatic heterocycles. The highest BCUT2D eigenvalue weighted by Crippen LogP contribution is 2.23. The number of hydrogen-bond acceptors (Lipinski definition) is 4. The topological polar surface area (TPSA) is 54.5 Å². The second kappa shape index (κ2) is 3.72. The summed E-state index contributed by atoms with van der Waals surface area (Å²) in [4.78, 5) is 4.45. The van der Waals surface area contributed by atoms with Crippen LogP contribution in [0.15, 0.2) is 18.3 Å². The number of rotatable bonds is 1. The zero-order chi connectivity index (χ0) is 11.8. The largest absolute Gasteiger partial charge is 0.283 e. The second-order valence-corrected chi connectivity index (χ2v) is 5.26. The summed E-state index contributed by atoms with van der Waals surface area (Å²) in [6, 6.07) is 5.72. The van der Waals surface area contributed by atoms with Crippen molar-refractivity contribution in [1.29, 1.82) is 5.26 Å². The maximum atomic E-state index is 8.92. The van der Waals surface area contributed by atoms with Gasteiger partial charge in [0.05, 0.1) is 0 Å². The average Bonchev–Trinajstić information content (AvgIpc) is 2.84. The van der Waals surface area contributed by atoms with Gasteiger partial charge >= 0.3 is 0 Å². The van der Waals surface area contributed by atoms with E-state index in [0.29, 0.717) is 5.69 Å². The van der Waals surface area contributed by atoms with Gasteiger partial charge in [0.15, 0.2) is 0 Å². The highest BCUT2D eigenvalue weighted by molar-refractivity contribution is 7.08. The summed E-state index contributed by atoms with van der Waals surface area (Å²) < 4.78 is 6.08. The molecule has 0 bridgehead atoms. The molecular weight excluding hydrogens is 220 g/mol. The molecule has 0 aromatic carbocycles. The Balaban J connectivity index is 2.44. The van der Waals surface area contributed by atoms with Gasteiger partial charge in [-0.15, -0.1) is 0 Å². The van der Waals surface area contributed by atoms with E-state index in [0.717, 1.165) is 11.0 Å². The molecule has 0 unspecified atom stereocenters. The van der Waals surface area contributed by atoms with Crippen LogP contribution in [0.25, 0.3) is 5.13 Å². The van der Waals surface area contributed by atoms with Gasteiger partial charge in [-0.2, -0.15) is 9.64 Å². The minimum absolute atomic E-state index is 0.0608. The van der Waals surface area contributed by atoms with E-state index in [2.05, 4.69) is 36.2 Å². The molecule has 4 nitrogen and oxygen atoms in total. The van der Waals surface area contributed by atoms with Gasteiger partial charge in [0.2, 0.25) is 5.13 Å². The molecule has 0 atom stereocenters. The molecule has 0 amide bonds. The van der Waals surface area contributed by atoms with Crippen LogP contribution in [0, 0.1) is 11.3 Å². The third-order valence-corrected chi connectivity index (χ3v) is 2.87. The van der Waals surface area contributed by atoms with Gasteiger partial charge in [-0.1, -0.05) is 20.8 Å². The molecule has 0 spiro atoms. The molecule has 0 aliphatic carbocycles. The van der Waals surface area contributed by atoms with Gasteiger partial charge in [-0.05, 0) is 12.1 Å². The monoisotopic (exact) mass is 232 g/mol. The molecule has 2 rings (SSSR count). The van der Waals surface area contributed by atoms with Crippen molar-refractivity contribution in [2.45, 2.75) is 26.2 Å². The minimum Gasteiger partial charge on any atom is -0.283 e. The molecule has 2 aromatic heterocycles. The van der Waals surface area contributed by atoms with E-state index in [-0.39, 0.29) is 5.41 Å². The first-order chi connectivity index (χ1) is 7.52. The maximum Gasteiger partial charge on any atom is 0.214 e. The summed E-state index contributed by atoms with van der Waals surface area (Å²) in [7, 11) is 0. The summed E-state index contributed by atoms with van der Waals surface area (Å²) in [6.07, 6.45) is 1.82. The first-order valence-electron chi connectivity index (χ1n) is 4.94. The van der Waals surface area contributed by atoms with Crippen molar-refractivity contribution in [3.8, 4) is 11.2 Å². The van der Waals surface area contributed by atoms with E-state index in [1.54, 1.807) is 10.6 Å². The highest BCUT2D eigenvalue weighted by atomic mass is 32.1. The fraction of sp³-hybridized carbons (Fsp3) is 0.364. The summed E-state index contributed by atoms with van der Waals surface area (Å²) in [6.45, 7) is 6.21. The first-order valence-corrected chi connectivity index (χ1v) is 5.72. The SMILES string of the molecule is CC(C)(C)c1nsc(-n2cccc2C#N)n1. The Hall–Kier alpha value is -1.67. The van der Waals surface area contributed by atoms with E-state index >= 15 is 0 Å². The van der Waals surface area contributed by atoms with Crippen LogP contribution in [0.1, 0.15) is 32.3 Å². The lowest BCUT2D eigenvalue weighted by Gasteiger charge is -2.12. The van der Waals surface area contributed by atoms with Gasteiger partial charge in [0.25, 0.3) is 0 Å². The summed E-state index contributed by atoms with van der Waals surface area (Å²) in [5.41, 5.74) is 0.519. The molecule has 0 saturated heterocycles.